The lowest BCUT2D eigenvalue weighted by Gasteiger charge is -2.06. The highest BCUT2D eigenvalue weighted by Gasteiger charge is 2.17. The quantitative estimate of drug-likeness (QED) is 0.272. The Labute approximate surface area is 96.0 Å². The molecule has 0 saturated heterocycles. The van der Waals surface area contributed by atoms with E-state index in [1.807, 2.05) is 0 Å². The standard InChI is InChI=1S/C10H11F2N3O2/c1-5-6(3-2-4-7(5)13)9(14)15-17-10(16)8(11)12/h2-4,8H,13H2,1H3,(H2,14,15). The summed E-state index contributed by atoms with van der Waals surface area (Å²) in [6.07, 6.45) is -3.24. The van der Waals surface area contributed by atoms with Gasteiger partial charge in [-0.15, -0.1) is 0 Å². The van der Waals surface area contributed by atoms with Gasteiger partial charge in [-0.2, -0.15) is 8.78 Å². The van der Waals surface area contributed by atoms with Crippen LogP contribution in [-0.2, 0) is 9.63 Å². The van der Waals surface area contributed by atoms with Crippen LogP contribution in [0.5, 0.6) is 0 Å². The Kier molecular flexibility index (Phi) is 3.97. The van der Waals surface area contributed by atoms with Gasteiger partial charge in [0.2, 0.25) is 0 Å². The Morgan fingerprint density at radius 2 is 2.12 bits per heavy atom. The summed E-state index contributed by atoms with van der Waals surface area (Å²) in [5.74, 6) is -1.95. The van der Waals surface area contributed by atoms with E-state index in [9.17, 15) is 13.6 Å². The van der Waals surface area contributed by atoms with E-state index in [2.05, 4.69) is 9.99 Å². The fourth-order valence-corrected chi connectivity index (χ4v) is 1.11. The molecule has 7 heteroatoms. The summed E-state index contributed by atoms with van der Waals surface area (Å²) in [6, 6.07) is 4.85. The summed E-state index contributed by atoms with van der Waals surface area (Å²) in [5, 5.41) is 3.13. The number of amidine groups is 1. The van der Waals surface area contributed by atoms with Crippen molar-refractivity contribution in [3.63, 3.8) is 0 Å². The highest BCUT2D eigenvalue weighted by molar-refractivity contribution is 5.99. The molecule has 0 amide bonds. The molecule has 0 aliphatic carbocycles. The Balaban J connectivity index is 2.89. The number of anilines is 1. The molecule has 0 bridgehead atoms. The van der Waals surface area contributed by atoms with Crippen molar-refractivity contribution in [2.24, 2.45) is 10.9 Å². The molecule has 0 unspecified atom stereocenters. The Morgan fingerprint density at radius 1 is 1.47 bits per heavy atom. The zero-order valence-corrected chi connectivity index (χ0v) is 8.98. The highest BCUT2D eigenvalue weighted by Crippen LogP contribution is 2.15. The number of halogens is 2. The third kappa shape index (κ3) is 3.13. The van der Waals surface area contributed by atoms with Crippen molar-refractivity contribution in [1.82, 2.24) is 0 Å². The maximum atomic E-state index is 11.8. The largest absolute Gasteiger partial charge is 0.400 e. The average molecular weight is 243 g/mol. The molecule has 0 spiro atoms. The number of nitrogens with two attached hydrogens (primary N) is 2. The molecular weight excluding hydrogens is 232 g/mol. The minimum Gasteiger partial charge on any atom is -0.398 e. The Morgan fingerprint density at radius 3 is 2.71 bits per heavy atom. The van der Waals surface area contributed by atoms with Crippen LogP contribution < -0.4 is 11.5 Å². The molecular formula is C10H11F2N3O2. The average Bonchev–Trinajstić information content (AvgIpc) is 2.29. The minimum atomic E-state index is -3.24. The zero-order chi connectivity index (χ0) is 13.0. The summed E-state index contributed by atoms with van der Waals surface area (Å²) in [6.45, 7) is 1.68. The molecule has 17 heavy (non-hydrogen) atoms. The first-order valence-corrected chi connectivity index (χ1v) is 4.61. The van der Waals surface area contributed by atoms with Crippen molar-refractivity contribution in [1.29, 1.82) is 0 Å². The van der Waals surface area contributed by atoms with Gasteiger partial charge >= 0.3 is 12.4 Å². The van der Waals surface area contributed by atoms with Gasteiger partial charge in [0.25, 0.3) is 0 Å². The predicted octanol–water partition coefficient (Wildman–Crippen LogP) is 1.01. The van der Waals surface area contributed by atoms with Crippen LogP contribution in [0.15, 0.2) is 23.4 Å². The number of rotatable bonds is 3. The number of nitrogen functional groups attached to an aromatic ring is 1. The van der Waals surface area contributed by atoms with Crippen LogP contribution in [0.2, 0.25) is 0 Å². The SMILES string of the molecule is Cc1c(N)cccc1/C(N)=N/OC(=O)C(F)F. The molecule has 0 aromatic heterocycles. The van der Waals surface area contributed by atoms with Crippen LogP contribution in [0.1, 0.15) is 11.1 Å². The molecule has 0 aliphatic heterocycles. The molecule has 4 N–H and O–H groups in total. The van der Waals surface area contributed by atoms with E-state index in [1.165, 1.54) is 0 Å². The molecule has 0 saturated carbocycles. The third-order valence-corrected chi connectivity index (χ3v) is 2.06. The molecule has 1 rings (SSSR count). The number of nitrogens with zero attached hydrogens (tertiary/aromatic N) is 1. The van der Waals surface area contributed by atoms with E-state index >= 15 is 0 Å². The number of hydrogen-bond acceptors (Lipinski definition) is 4. The van der Waals surface area contributed by atoms with Crippen molar-refractivity contribution in [3.05, 3.63) is 29.3 Å². The second-order valence-electron chi connectivity index (χ2n) is 3.21. The lowest BCUT2D eigenvalue weighted by Crippen LogP contribution is -2.19. The van der Waals surface area contributed by atoms with Crippen molar-refractivity contribution in [2.75, 3.05) is 5.73 Å². The second kappa shape index (κ2) is 5.24. The number of carbonyl (C=O) groups is 1. The monoisotopic (exact) mass is 243 g/mol. The van der Waals surface area contributed by atoms with Gasteiger partial charge in [-0.3, -0.25) is 0 Å². The predicted molar refractivity (Wildman–Crippen MR) is 58.4 cm³/mol. The van der Waals surface area contributed by atoms with E-state index in [1.54, 1.807) is 25.1 Å². The second-order valence-corrected chi connectivity index (χ2v) is 3.21. The van der Waals surface area contributed by atoms with Crippen molar-refractivity contribution < 1.29 is 18.4 Å². The summed E-state index contributed by atoms with van der Waals surface area (Å²) < 4.78 is 23.6. The first kappa shape index (κ1) is 12.9. The summed E-state index contributed by atoms with van der Waals surface area (Å²) in [5.41, 5.74) is 12.6. The summed E-state index contributed by atoms with van der Waals surface area (Å²) in [7, 11) is 0. The van der Waals surface area contributed by atoms with E-state index in [-0.39, 0.29) is 5.84 Å². The maximum absolute atomic E-state index is 11.8. The first-order chi connectivity index (χ1) is 7.93. The maximum Gasteiger partial charge on any atom is 0.400 e. The topological polar surface area (TPSA) is 90.7 Å². The number of alkyl halides is 2. The van der Waals surface area contributed by atoms with Gasteiger partial charge in [0.05, 0.1) is 0 Å². The first-order valence-electron chi connectivity index (χ1n) is 4.61. The van der Waals surface area contributed by atoms with Gasteiger partial charge in [-0.1, -0.05) is 17.3 Å². The van der Waals surface area contributed by atoms with Gasteiger partial charge in [0.15, 0.2) is 5.84 Å². The molecule has 92 valence electrons. The third-order valence-electron chi connectivity index (χ3n) is 2.06. The smallest absolute Gasteiger partial charge is 0.398 e. The zero-order valence-electron chi connectivity index (χ0n) is 8.98. The van der Waals surface area contributed by atoms with Gasteiger partial charge in [-0.05, 0) is 18.6 Å². The van der Waals surface area contributed by atoms with Gasteiger partial charge < -0.3 is 16.3 Å². The van der Waals surface area contributed by atoms with Crippen LogP contribution >= 0.6 is 0 Å². The fourth-order valence-electron chi connectivity index (χ4n) is 1.11. The summed E-state index contributed by atoms with van der Waals surface area (Å²) >= 11 is 0. The minimum absolute atomic E-state index is 0.191. The molecule has 5 nitrogen and oxygen atoms in total. The normalized spacial score (nSPS) is 11.6. The van der Waals surface area contributed by atoms with Gasteiger partial charge in [-0.25, -0.2) is 4.79 Å². The van der Waals surface area contributed by atoms with Crippen molar-refractivity contribution >= 4 is 17.5 Å². The Hall–Kier alpha value is -2.18. The lowest BCUT2D eigenvalue weighted by atomic mass is 10.1. The van der Waals surface area contributed by atoms with E-state index in [4.69, 9.17) is 11.5 Å². The molecule has 0 heterocycles. The molecule has 0 aliphatic rings. The number of benzene rings is 1. The van der Waals surface area contributed by atoms with E-state index in [0.717, 1.165) is 0 Å². The van der Waals surface area contributed by atoms with Crippen LogP contribution in [-0.4, -0.2) is 18.2 Å². The van der Waals surface area contributed by atoms with Crippen LogP contribution in [0.25, 0.3) is 0 Å². The Bertz CT molecular complexity index is 461. The number of oxime groups is 1. The number of hydrogen-bond donors (Lipinski definition) is 2. The van der Waals surface area contributed by atoms with Crippen LogP contribution in [0.4, 0.5) is 14.5 Å². The van der Waals surface area contributed by atoms with Gasteiger partial charge in [0.1, 0.15) is 0 Å². The van der Waals surface area contributed by atoms with Crippen molar-refractivity contribution in [2.45, 2.75) is 13.3 Å². The van der Waals surface area contributed by atoms with Crippen LogP contribution in [0.3, 0.4) is 0 Å². The van der Waals surface area contributed by atoms with E-state index < -0.39 is 12.4 Å². The lowest BCUT2D eigenvalue weighted by molar-refractivity contribution is -0.156. The molecule has 1 aromatic rings. The molecule has 0 atom stereocenters. The molecule has 0 radical (unpaired) electrons. The number of carbonyl (C=O) groups excluding carboxylic acids is 1. The van der Waals surface area contributed by atoms with Gasteiger partial charge in [0, 0.05) is 11.3 Å². The van der Waals surface area contributed by atoms with E-state index in [0.29, 0.717) is 16.8 Å². The molecule has 0 fully saturated rings. The molecule has 1 aromatic carbocycles. The summed E-state index contributed by atoms with van der Waals surface area (Å²) in [4.78, 5) is 14.4. The van der Waals surface area contributed by atoms with Crippen LogP contribution in [0, 0.1) is 6.92 Å². The fraction of sp³-hybridized carbons (Fsp3) is 0.200. The van der Waals surface area contributed by atoms with Crippen molar-refractivity contribution in [3.8, 4) is 0 Å². The highest BCUT2D eigenvalue weighted by atomic mass is 19.3.